The van der Waals surface area contributed by atoms with Crippen LogP contribution in [0.25, 0.3) is 26.6 Å². The molecule has 0 saturated carbocycles. The van der Waals surface area contributed by atoms with Crippen LogP contribution in [0.2, 0.25) is 0 Å². The first-order valence-corrected chi connectivity index (χ1v) is 10.7. The highest BCUT2D eigenvalue weighted by Gasteiger charge is 2.21. The van der Waals surface area contributed by atoms with E-state index in [1.165, 1.54) is 21.8 Å². The van der Waals surface area contributed by atoms with Crippen LogP contribution in [0.3, 0.4) is 0 Å². The SMILES string of the molecule is Cc1ccc(-c2cc(C(=O)OCc3cc(=O)n4ccsc4n3)c3c(C)noc3n2)s1. The third-order valence-electron chi connectivity index (χ3n) is 4.54. The van der Waals surface area contributed by atoms with Crippen LogP contribution in [0, 0.1) is 13.8 Å². The highest BCUT2D eigenvalue weighted by atomic mass is 32.1. The Labute approximate surface area is 177 Å². The Balaban J connectivity index is 1.50. The molecule has 8 nitrogen and oxygen atoms in total. The maximum Gasteiger partial charge on any atom is 0.339 e. The number of aryl methyl sites for hydroxylation is 2. The van der Waals surface area contributed by atoms with E-state index >= 15 is 0 Å². The molecule has 0 aliphatic heterocycles. The number of thiophene rings is 1. The quantitative estimate of drug-likeness (QED) is 0.391. The summed E-state index contributed by atoms with van der Waals surface area (Å²) in [5.41, 5.74) is 1.92. The highest BCUT2D eigenvalue weighted by Crippen LogP contribution is 2.31. The van der Waals surface area contributed by atoms with Crippen LogP contribution < -0.4 is 5.56 Å². The molecule has 0 atom stereocenters. The molecular weight excluding hydrogens is 424 g/mol. The van der Waals surface area contributed by atoms with Crippen molar-refractivity contribution in [3.8, 4) is 10.6 Å². The van der Waals surface area contributed by atoms with Gasteiger partial charge in [0.25, 0.3) is 11.3 Å². The summed E-state index contributed by atoms with van der Waals surface area (Å²) in [6.07, 6.45) is 1.65. The third kappa shape index (κ3) is 3.19. The second-order valence-electron chi connectivity index (χ2n) is 6.63. The summed E-state index contributed by atoms with van der Waals surface area (Å²) < 4.78 is 12.2. The van der Waals surface area contributed by atoms with E-state index in [1.807, 2.05) is 19.1 Å². The van der Waals surface area contributed by atoms with Gasteiger partial charge in [-0.05, 0) is 32.0 Å². The number of pyridine rings is 1. The summed E-state index contributed by atoms with van der Waals surface area (Å²) in [6, 6.07) is 6.98. The van der Waals surface area contributed by atoms with E-state index in [1.54, 1.807) is 35.9 Å². The number of esters is 1. The summed E-state index contributed by atoms with van der Waals surface area (Å²) in [5, 5.41) is 6.23. The molecule has 10 heteroatoms. The van der Waals surface area contributed by atoms with E-state index in [0.717, 1.165) is 9.75 Å². The lowest BCUT2D eigenvalue weighted by atomic mass is 10.1. The Bertz CT molecular complexity index is 1480. The Morgan fingerprint density at radius 1 is 1.23 bits per heavy atom. The summed E-state index contributed by atoms with van der Waals surface area (Å²) in [6.45, 7) is 3.62. The average Bonchev–Trinajstić information content (AvgIpc) is 3.46. The lowest BCUT2D eigenvalue weighted by molar-refractivity contribution is 0.0470. The summed E-state index contributed by atoms with van der Waals surface area (Å²) in [5.74, 6) is -0.559. The van der Waals surface area contributed by atoms with Gasteiger partial charge in [0.05, 0.1) is 32.9 Å². The van der Waals surface area contributed by atoms with Crippen molar-refractivity contribution in [3.05, 3.63) is 68.0 Å². The van der Waals surface area contributed by atoms with E-state index < -0.39 is 5.97 Å². The number of aromatic nitrogens is 4. The van der Waals surface area contributed by atoms with Crippen LogP contribution in [0.4, 0.5) is 0 Å². The van der Waals surface area contributed by atoms with E-state index in [4.69, 9.17) is 9.26 Å². The van der Waals surface area contributed by atoms with Crippen molar-refractivity contribution in [2.24, 2.45) is 0 Å². The van der Waals surface area contributed by atoms with E-state index in [9.17, 15) is 9.59 Å². The molecule has 5 heterocycles. The molecule has 0 spiro atoms. The fourth-order valence-electron chi connectivity index (χ4n) is 3.13. The van der Waals surface area contributed by atoms with Crippen molar-refractivity contribution in [1.29, 1.82) is 0 Å². The predicted molar refractivity (Wildman–Crippen MR) is 113 cm³/mol. The van der Waals surface area contributed by atoms with Gasteiger partial charge in [-0.3, -0.25) is 9.20 Å². The fraction of sp³-hybridized carbons (Fsp3) is 0.150. The van der Waals surface area contributed by atoms with E-state index in [0.29, 0.717) is 33.0 Å². The Morgan fingerprint density at radius 3 is 2.90 bits per heavy atom. The Hall–Kier alpha value is -3.37. The molecule has 5 aromatic rings. The van der Waals surface area contributed by atoms with Gasteiger partial charge >= 0.3 is 5.97 Å². The van der Waals surface area contributed by atoms with Crippen molar-refractivity contribution in [1.82, 2.24) is 19.5 Å². The lowest BCUT2D eigenvalue weighted by Crippen LogP contribution is -2.15. The van der Waals surface area contributed by atoms with Crippen LogP contribution in [0.5, 0.6) is 0 Å². The van der Waals surface area contributed by atoms with Gasteiger partial charge in [-0.25, -0.2) is 14.8 Å². The lowest BCUT2D eigenvalue weighted by Gasteiger charge is -2.07. The molecule has 0 aliphatic rings. The topological polar surface area (TPSA) is 99.6 Å². The van der Waals surface area contributed by atoms with Gasteiger partial charge in [-0.1, -0.05) is 5.16 Å². The zero-order chi connectivity index (χ0) is 20.8. The minimum Gasteiger partial charge on any atom is -0.456 e. The summed E-state index contributed by atoms with van der Waals surface area (Å²) in [7, 11) is 0. The first kappa shape index (κ1) is 18.6. The zero-order valence-corrected chi connectivity index (χ0v) is 17.5. The molecule has 0 aliphatic carbocycles. The molecule has 0 radical (unpaired) electrons. The monoisotopic (exact) mass is 438 g/mol. The number of hydrogen-bond acceptors (Lipinski definition) is 9. The molecular formula is C20H14N4O4S2. The molecule has 0 bridgehead atoms. The molecule has 5 rings (SSSR count). The van der Waals surface area contributed by atoms with Gasteiger partial charge in [0.15, 0.2) is 4.96 Å². The number of carbonyl (C=O) groups excluding carboxylic acids is 1. The number of hydrogen-bond donors (Lipinski definition) is 0. The molecule has 0 aromatic carbocycles. The van der Waals surface area contributed by atoms with Crippen molar-refractivity contribution in [2.75, 3.05) is 0 Å². The minimum absolute atomic E-state index is 0.121. The van der Waals surface area contributed by atoms with Crippen LogP contribution in [-0.4, -0.2) is 25.5 Å². The zero-order valence-electron chi connectivity index (χ0n) is 15.9. The standard InChI is InChI=1S/C20H14N4O4S2/c1-10-3-4-15(30-10)14-8-13(17-11(2)23-28-18(17)22-14)19(26)27-9-12-7-16(25)24-5-6-29-20(24)21-12/h3-8H,9H2,1-2H3. The molecule has 0 amide bonds. The average molecular weight is 438 g/mol. The third-order valence-corrected chi connectivity index (χ3v) is 6.32. The molecule has 30 heavy (non-hydrogen) atoms. The van der Waals surface area contributed by atoms with Crippen LogP contribution in [0.15, 0.2) is 45.2 Å². The Kier molecular flexibility index (Phi) is 4.44. The number of rotatable bonds is 4. The fourth-order valence-corrected chi connectivity index (χ4v) is 4.70. The van der Waals surface area contributed by atoms with Gasteiger partial charge in [0.1, 0.15) is 6.61 Å². The van der Waals surface area contributed by atoms with Gasteiger partial charge in [-0.2, -0.15) is 0 Å². The smallest absolute Gasteiger partial charge is 0.339 e. The molecule has 0 saturated heterocycles. The maximum absolute atomic E-state index is 12.9. The van der Waals surface area contributed by atoms with Crippen molar-refractivity contribution >= 4 is 44.7 Å². The number of thiazole rings is 1. The van der Waals surface area contributed by atoms with Crippen molar-refractivity contribution in [2.45, 2.75) is 20.5 Å². The number of ether oxygens (including phenoxy) is 1. The van der Waals surface area contributed by atoms with E-state index in [-0.39, 0.29) is 17.9 Å². The second kappa shape index (κ2) is 7.15. The van der Waals surface area contributed by atoms with Gasteiger partial charge < -0.3 is 9.26 Å². The number of nitrogens with zero attached hydrogens (tertiary/aromatic N) is 4. The predicted octanol–water partition coefficient (Wildman–Crippen LogP) is 3.99. The largest absolute Gasteiger partial charge is 0.456 e. The second-order valence-corrected chi connectivity index (χ2v) is 8.79. The summed E-state index contributed by atoms with van der Waals surface area (Å²) >= 11 is 2.90. The first-order chi connectivity index (χ1) is 14.5. The van der Waals surface area contributed by atoms with E-state index in [2.05, 4.69) is 15.1 Å². The minimum atomic E-state index is -0.559. The molecule has 0 N–H and O–H groups in total. The molecule has 0 unspecified atom stereocenters. The van der Waals surface area contributed by atoms with Gasteiger partial charge in [0.2, 0.25) is 0 Å². The van der Waals surface area contributed by atoms with Crippen LogP contribution >= 0.6 is 22.7 Å². The van der Waals surface area contributed by atoms with Gasteiger partial charge in [-0.15, -0.1) is 22.7 Å². The molecule has 150 valence electrons. The van der Waals surface area contributed by atoms with Crippen LogP contribution in [0.1, 0.15) is 26.6 Å². The first-order valence-electron chi connectivity index (χ1n) is 8.96. The van der Waals surface area contributed by atoms with Crippen molar-refractivity contribution < 1.29 is 14.1 Å². The highest BCUT2D eigenvalue weighted by molar-refractivity contribution is 7.15. The molecule has 0 fully saturated rings. The normalized spacial score (nSPS) is 11.4. The van der Waals surface area contributed by atoms with Crippen LogP contribution in [-0.2, 0) is 11.3 Å². The molecule has 5 aromatic heterocycles. The number of carbonyl (C=O) groups is 1. The summed E-state index contributed by atoms with van der Waals surface area (Å²) in [4.78, 5) is 36.5. The van der Waals surface area contributed by atoms with Crippen molar-refractivity contribution in [3.63, 3.8) is 0 Å². The Morgan fingerprint density at radius 2 is 2.10 bits per heavy atom. The maximum atomic E-state index is 12.9. The number of fused-ring (bicyclic) bond motifs is 2. The van der Waals surface area contributed by atoms with Gasteiger partial charge in [0, 0.05) is 22.5 Å².